The molecule has 0 saturated carbocycles. The van der Waals surface area contributed by atoms with Gasteiger partial charge in [-0.3, -0.25) is 0 Å². The van der Waals surface area contributed by atoms with E-state index >= 15 is 0 Å². The highest BCUT2D eigenvalue weighted by Gasteiger charge is 2.12. The maximum atomic E-state index is 12.9. The summed E-state index contributed by atoms with van der Waals surface area (Å²) in [4.78, 5) is 0. The van der Waals surface area contributed by atoms with Crippen LogP contribution in [0.3, 0.4) is 0 Å². The van der Waals surface area contributed by atoms with Crippen molar-refractivity contribution >= 4 is 24.0 Å². The molecule has 0 aliphatic rings. The van der Waals surface area contributed by atoms with Crippen molar-refractivity contribution in [3.63, 3.8) is 0 Å². The maximum Gasteiger partial charge on any atom is 0.175 e. The number of ether oxygens (including phenoxy) is 1. The Balaban J connectivity index is 2.30. The van der Waals surface area contributed by atoms with Crippen LogP contribution in [-0.2, 0) is 11.5 Å². The number of hydrogen-bond donors (Lipinski definition) is 0. The van der Waals surface area contributed by atoms with Gasteiger partial charge in [-0.1, -0.05) is 19.6 Å². The van der Waals surface area contributed by atoms with Gasteiger partial charge in [0.25, 0.3) is 0 Å². The molecule has 1 aromatic rings. The van der Waals surface area contributed by atoms with Crippen LogP contribution in [0.15, 0.2) is 10.8 Å². The molecular formula is C9H16BrFN2OSi. The van der Waals surface area contributed by atoms with Crippen LogP contribution in [0.4, 0.5) is 4.39 Å². The van der Waals surface area contributed by atoms with Gasteiger partial charge in [0.1, 0.15) is 11.3 Å². The summed E-state index contributed by atoms with van der Waals surface area (Å²) in [7, 11) is -1.04. The van der Waals surface area contributed by atoms with Crippen molar-refractivity contribution in [3.8, 4) is 0 Å². The molecule has 0 saturated heterocycles. The Kier molecular flexibility index (Phi) is 4.48. The summed E-state index contributed by atoms with van der Waals surface area (Å²) < 4.78 is 20.1. The standard InChI is InChI=1S/C9H16BrFN2OSi/c1-15(2,3)5-4-14-7-13-9(10)8(11)6-12-13/h6H,4-5,7H2,1-3H3. The van der Waals surface area contributed by atoms with E-state index in [2.05, 4.69) is 40.7 Å². The summed E-state index contributed by atoms with van der Waals surface area (Å²) in [6, 6.07) is 1.11. The molecule has 0 N–H and O–H groups in total. The van der Waals surface area contributed by atoms with E-state index in [4.69, 9.17) is 4.74 Å². The predicted molar refractivity (Wildman–Crippen MR) is 64.0 cm³/mol. The number of nitrogens with zero attached hydrogens (tertiary/aromatic N) is 2. The molecule has 0 aliphatic heterocycles. The third kappa shape index (κ3) is 4.44. The number of aromatic nitrogens is 2. The van der Waals surface area contributed by atoms with E-state index in [-0.39, 0.29) is 5.82 Å². The third-order valence-electron chi connectivity index (χ3n) is 1.94. The van der Waals surface area contributed by atoms with Gasteiger partial charge in [0, 0.05) is 14.7 Å². The second-order valence-electron chi connectivity index (χ2n) is 4.63. The lowest BCUT2D eigenvalue weighted by molar-refractivity contribution is 0.0767. The fourth-order valence-electron chi connectivity index (χ4n) is 0.967. The fourth-order valence-corrected chi connectivity index (χ4v) is 2.02. The molecule has 0 unspecified atom stereocenters. The summed E-state index contributed by atoms with van der Waals surface area (Å²) in [5.74, 6) is -0.358. The molecule has 3 nitrogen and oxygen atoms in total. The molecule has 0 aromatic carbocycles. The van der Waals surface area contributed by atoms with Crippen LogP contribution in [0.25, 0.3) is 0 Å². The van der Waals surface area contributed by atoms with E-state index in [1.54, 1.807) is 0 Å². The van der Waals surface area contributed by atoms with Crippen molar-refractivity contribution in [1.82, 2.24) is 9.78 Å². The zero-order valence-electron chi connectivity index (χ0n) is 9.26. The topological polar surface area (TPSA) is 27.1 Å². The lowest BCUT2D eigenvalue weighted by Gasteiger charge is -2.15. The molecule has 86 valence electrons. The normalized spacial score (nSPS) is 12.1. The van der Waals surface area contributed by atoms with Crippen LogP contribution in [0.1, 0.15) is 0 Å². The van der Waals surface area contributed by atoms with Gasteiger partial charge in [-0.05, 0) is 22.0 Å². The van der Waals surface area contributed by atoms with Gasteiger partial charge >= 0.3 is 0 Å². The van der Waals surface area contributed by atoms with Gasteiger partial charge in [0.15, 0.2) is 5.82 Å². The Morgan fingerprint density at radius 2 is 2.20 bits per heavy atom. The van der Waals surface area contributed by atoms with Crippen molar-refractivity contribution in [2.24, 2.45) is 0 Å². The van der Waals surface area contributed by atoms with Gasteiger partial charge < -0.3 is 4.74 Å². The van der Waals surface area contributed by atoms with Crippen LogP contribution >= 0.6 is 15.9 Å². The first-order valence-electron chi connectivity index (χ1n) is 4.85. The van der Waals surface area contributed by atoms with Gasteiger partial charge in [-0.25, -0.2) is 9.07 Å². The van der Waals surface area contributed by atoms with Gasteiger partial charge in [0.05, 0.1) is 6.20 Å². The summed E-state index contributed by atoms with van der Waals surface area (Å²) in [5.41, 5.74) is 0. The molecule has 0 radical (unpaired) electrons. The van der Waals surface area contributed by atoms with Gasteiger partial charge in [0.2, 0.25) is 0 Å². The molecule has 0 amide bonds. The van der Waals surface area contributed by atoms with Gasteiger partial charge in [-0.15, -0.1) is 0 Å². The van der Waals surface area contributed by atoms with Crippen molar-refractivity contribution in [2.45, 2.75) is 32.4 Å². The summed E-state index contributed by atoms with van der Waals surface area (Å²) in [5, 5.41) is 3.83. The maximum absolute atomic E-state index is 12.9. The zero-order valence-corrected chi connectivity index (χ0v) is 11.8. The molecule has 0 aliphatic carbocycles. The molecule has 1 aromatic heterocycles. The molecule has 15 heavy (non-hydrogen) atoms. The first kappa shape index (κ1) is 12.9. The Morgan fingerprint density at radius 3 is 2.67 bits per heavy atom. The minimum absolute atomic E-state index is 0.301. The van der Waals surface area contributed by atoms with E-state index in [0.29, 0.717) is 17.9 Å². The molecule has 0 spiro atoms. The summed E-state index contributed by atoms with van der Waals surface area (Å²) in [6.07, 6.45) is 1.17. The number of rotatable bonds is 5. The Bertz CT molecular complexity index is 324. The minimum Gasteiger partial charge on any atom is -0.359 e. The minimum atomic E-state index is -1.04. The van der Waals surface area contributed by atoms with Crippen LogP contribution in [0.2, 0.25) is 25.7 Å². The van der Waals surface area contributed by atoms with Crippen LogP contribution < -0.4 is 0 Å². The van der Waals surface area contributed by atoms with E-state index in [1.807, 2.05) is 0 Å². The number of hydrogen-bond acceptors (Lipinski definition) is 2. The van der Waals surface area contributed by atoms with E-state index < -0.39 is 8.07 Å². The highest BCUT2D eigenvalue weighted by molar-refractivity contribution is 9.10. The van der Waals surface area contributed by atoms with Crippen molar-refractivity contribution < 1.29 is 9.13 Å². The lowest BCUT2D eigenvalue weighted by atomic mass is 10.7. The van der Waals surface area contributed by atoms with E-state index in [9.17, 15) is 4.39 Å². The predicted octanol–water partition coefficient (Wildman–Crippen LogP) is 3.10. The zero-order chi connectivity index (χ0) is 11.5. The van der Waals surface area contributed by atoms with Crippen molar-refractivity contribution in [1.29, 1.82) is 0 Å². The highest BCUT2D eigenvalue weighted by atomic mass is 79.9. The Hall–Kier alpha value is -0.203. The molecule has 1 heterocycles. The quantitative estimate of drug-likeness (QED) is 0.616. The summed E-state index contributed by atoms with van der Waals surface area (Å²) in [6.45, 7) is 7.89. The number of halogens is 2. The first-order chi connectivity index (χ1) is 6.90. The molecule has 1 rings (SSSR count). The third-order valence-corrected chi connectivity index (χ3v) is 4.44. The first-order valence-corrected chi connectivity index (χ1v) is 9.35. The van der Waals surface area contributed by atoms with E-state index in [1.165, 1.54) is 10.9 Å². The summed E-state index contributed by atoms with van der Waals surface area (Å²) >= 11 is 3.10. The SMILES string of the molecule is C[Si](C)(C)CCOCn1ncc(F)c1Br. The van der Waals surface area contributed by atoms with E-state index in [0.717, 1.165) is 6.04 Å². The largest absolute Gasteiger partial charge is 0.359 e. The molecular weight excluding hydrogens is 279 g/mol. The average Bonchev–Trinajstić information content (AvgIpc) is 2.42. The highest BCUT2D eigenvalue weighted by Crippen LogP contribution is 2.14. The van der Waals surface area contributed by atoms with Crippen LogP contribution in [0, 0.1) is 5.82 Å². The average molecular weight is 295 g/mol. The van der Waals surface area contributed by atoms with Crippen molar-refractivity contribution in [3.05, 3.63) is 16.6 Å². The smallest absolute Gasteiger partial charge is 0.175 e. The Labute approximate surface area is 98.8 Å². The van der Waals surface area contributed by atoms with Crippen LogP contribution in [-0.4, -0.2) is 24.5 Å². The molecule has 0 fully saturated rings. The second kappa shape index (κ2) is 5.22. The molecule has 0 atom stereocenters. The van der Waals surface area contributed by atoms with Crippen molar-refractivity contribution in [2.75, 3.05) is 6.61 Å². The molecule has 6 heteroatoms. The Morgan fingerprint density at radius 1 is 1.53 bits per heavy atom. The van der Waals surface area contributed by atoms with Gasteiger partial charge in [-0.2, -0.15) is 5.10 Å². The second-order valence-corrected chi connectivity index (χ2v) is 11.0. The lowest BCUT2D eigenvalue weighted by Crippen LogP contribution is -2.22. The molecule has 0 bridgehead atoms. The van der Waals surface area contributed by atoms with Crippen LogP contribution in [0.5, 0.6) is 0 Å². The monoisotopic (exact) mass is 294 g/mol. The fraction of sp³-hybridized carbons (Fsp3) is 0.667.